The molecule has 0 saturated carbocycles. The number of benzene rings is 3. The van der Waals surface area contributed by atoms with Gasteiger partial charge in [-0.1, -0.05) is 6.08 Å². The zero-order chi connectivity index (χ0) is 30.6. The number of halogens is 1. The van der Waals surface area contributed by atoms with E-state index in [2.05, 4.69) is 11.9 Å². The molecule has 1 aliphatic rings. The van der Waals surface area contributed by atoms with Crippen LogP contribution >= 0.6 is 0 Å². The van der Waals surface area contributed by atoms with Crippen LogP contribution in [-0.2, 0) is 16.0 Å². The van der Waals surface area contributed by atoms with E-state index in [1.54, 1.807) is 6.92 Å². The van der Waals surface area contributed by atoms with Gasteiger partial charge in [-0.25, -0.2) is 14.1 Å². The van der Waals surface area contributed by atoms with Gasteiger partial charge in [-0.05, 0) is 67.4 Å². The zero-order valence-electron chi connectivity index (χ0n) is 21.9. The van der Waals surface area contributed by atoms with Crippen molar-refractivity contribution in [2.45, 2.75) is 13.3 Å². The van der Waals surface area contributed by atoms with Crippen molar-refractivity contribution < 1.29 is 38.1 Å². The number of nitro groups is 2. The second-order valence-electron chi connectivity index (χ2n) is 8.64. The van der Waals surface area contributed by atoms with E-state index < -0.39 is 50.5 Å². The van der Waals surface area contributed by atoms with Gasteiger partial charge in [0, 0.05) is 11.6 Å². The van der Waals surface area contributed by atoms with E-state index in [1.165, 1.54) is 36.4 Å². The van der Waals surface area contributed by atoms with Crippen molar-refractivity contribution in [2.24, 2.45) is 0 Å². The summed E-state index contributed by atoms with van der Waals surface area (Å²) in [6, 6.07) is 9.35. The number of hydrogen-bond donors (Lipinski definition) is 1. The number of nitrogens with zero attached hydrogens (tertiary/aromatic N) is 3. The molecule has 0 radical (unpaired) electrons. The third kappa shape index (κ3) is 5.96. The van der Waals surface area contributed by atoms with E-state index in [-0.39, 0.29) is 41.5 Å². The maximum Gasteiger partial charge on any atom is 0.335 e. The number of allylic oxidation sites excluding steroid dienone is 1. The van der Waals surface area contributed by atoms with Crippen LogP contribution in [0, 0.1) is 26.0 Å². The Bertz CT molecular complexity index is 1670. The van der Waals surface area contributed by atoms with Crippen LogP contribution in [-0.4, -0.2) is 34.3 Å². The minimum Gasteiger partial charge on any atom is -0.490 e. The van der Waals surface area contributed by atoms with Crippen LogP contribution in [0.25, 0.3) is 6.08 Å². The van der Waals surface area contributed by atoms with E-state index in [4.69, 9.17) is 9.47 Å². The largest absolute Gasteiger partial charge is 0.490 e. The zero-order valence-corrected chi connectivity index (χ0v) is 21.9. The molecular weight excluding hydrogens is 555 g/mol. The summed E-state index contributed by atoms with van der Waals surface area (Å²) in [6.45, 7) is 5.49. The topological polar surface area (TPSA) is 171 Å². The maximum absolute atomic E-state index is 13.4. The Kier molecular flexibility index (Phi) is 8.36. The van der Waals surface area contributed by atoms with E-state index in [0.29, 0.717) is 10.5 Å². The summed E-state index contributed by atoms with van der Waals surface area (Å²) in [5.41, 5.74) is -0.884. The Morgan fingerprint density at radius 2 is 1.71 bits per heavy atom. The quantitative estimate of drug-likeness (QED) is 0.112. The molecular formula is C28H21FN4O9. The number of nitrogens with one attached hydrogen (secondary N) is 1. The maximum atomic E-state index is 13.4. The summed E-state index contributed by atoms with van der Waals surface area (Å²) >= 11 is 0. The van der Waals surface area contributed by atoms with Gasteiger partial charge in [0.2, 0.25) is 5.75 Å². The molecule has 1 saturated heterocycles. The van der Waals surface area contributed by atoms with Crippen molar-refractivity contribution >= 4 is 41.0 Å². The summed E-state index contributed by atoms with van der Waals surface area (Å²) in [7, 11) is 0. The molecule has 1 fully saturated rings. The molecule has 0 unspecified atom stereocenters. The SMILES string of the molecule is C=CCc1cc(/C=C2\C(=O)NC(=O)N(c3ccc(F)cc3)C2=O)cc(OCC)c1Oc1ccc([N+](=O)[O-])cc1[N+](=O)[O-]. The summed E-state index contributed by atoms with van der Waals surface area (Å²) < 4.78 is 25.0. The van der Waals surface area contributed by atoms with E-state index in [1.807, 2.05) is 0 Å². The minimum atomic E-state index is -1.01. The fourth-order valence-corrected chi connectivity index (χ4v) is 4.06. The molecule has 13 nitrogen and oxygen atoms in total. The van der Waals surface area contributed by atoms with Crippen LogP contribution in [0.3, 0.4) is 0 Å². The number of carbonyl (C=O) groups is 3. The first-order chi connectivity index (χ1) is 20.0. The minimum absolute atomic E-state index is 0.0353. The van der Waals surface area contributed by atoms with Gasteiger partial charge in [0.05, 0.1) is 28.2 Å². The highest BCUT2D eigenvalue weighted by atomic mass is 19.1. The number of anilines is 1. The van der Waals surface area contributed by atoms with Gasteiger partial charge in [0.1, 0.15) is 11.4 Å². The van der Waals surface area contributed by atoms with Crippen LogP contribution < -0.4 is 19.7 Å². The lowest BCUT2D eigenvalue weighted by molar-refractivity contribution is -0.394. The molecule has 3 aromatic rings. The molecule has 214 valence electrons. The lowest BCUT2D eigenvalue weighted by Gasteiger charge is -2.26. The monoisotopic (exact) mass is 576 g/mol. The lowest BCUT2D eigenvalue weighted by atomic mass is 10.0. The molecule has 0 spiro atoms. The third-order valence-corrected chi connectivity index (χ3v) is 5.88. The summed E-state index contributed by atoms with van der Waals surface area (Å²) in [5, 5.41) is 24.8. The van der Waals surface area contributed by atoms with Crippen molar-refractivity contribution in [1.82, 2.24) is 5.32 Å². The van der Waals surface area contributed by atoms with Crippen molar-refractivity contribution in [2.75, 3.05) is 11.5 Å². The highest BCUT2D eigenvalue weighted by molar-refractivity contribution is 6.39. The van der Waals surface area contributed by atoms with Crippen molar-refractivity contribution in [3.05, 3.63) is 110 Å². The molecule has 0 aromatic heterocycles. The average Bonchev–Trinajstić information content (AvgIpc) is 2.94. The molecule has 1 aliphatic heterocycles. The smallest absolute Gasteiger partial charge is 0.335 e. The van der Waals surface area contributed by atoms with Gasteiger partial charge in [-0.2, -0.15) is 0 Å². The number of carbonyl (C=O) groups excluding carboxylic acids is 3. The van der Waals surface area contributed by atoms with E-state index in [9.17, 15) is 39.0 Å². The fourth-order valence-electron chi connectivity index (χ4n) is 4.06. The molecule has 3 aromatic carbocycles. The highest BCUT2D eigenvalue weighted by Crippen LogP contribution is 2.41. The molecule has 0 bridgehead atoms. The van der Waals surface area contributed by atoms with Gasteiger partial charge < -0.3 is 9.47 Å². The fraction of sp³-hybridized carbons (Fsp3) is 0.107. The van der Waals surface area contributed by atoms with Crippen LogP contribution in [0.4, 0.5) is 26.2 Å². The number of barbiturate groups is 1. The second kappa shape index (κ2) is 12.1. The summed E-state index contributed by atoms with van der Waals surface area (Å²) in [6.07, 6.45) is 2.87. The highest BCUT2D eigenvalue weighted by Gasteiger charge is 2.37. The van der Waals surface area contributed by atoms with Gasteiger partial charge in [0.25, 0.3) is 17.5 Å². The molecule has 42 heavy (non-hydrogen) atoms. The Hall–Kier alpha value is -5.92. The normalized spacial score (nSPS) is 14.0. The first-order valence-electron chi connectivity index (χ1n) is 12.2. The van der Waals surface area contributed by atoms with Crippen LogP contribution in [0.1, 0.15) is 18.1 Å². The number of hydrogen-bond acceptors (Lipinski definition) is 9. The number of nitro benzene ring substituents is 2. The first kappa shape index (κ1) is 29.1. The van der Waals surface area contributed by atoms with Gasteiger partial charge >= 0.3 is 11.7 Å². The van der Waals surface area contributed by atoms with Crippen LogP contribution in [0.5, 0.6) is 17.2 Å². The summed E-state index contributed by atoms with van der Waals surface area (Å²) in [5.74, 6) is -2.69. The van der Waals surface area contributed by atoms with Crippen LogP contribution in [0.15, 0.2) is 72.8 Å². The second-order valence-corrected chi connectivity index (χ2v) is 8.64. The molecule has 4 amide bonds. The Labute approximate surface area is 236 Å². The Morgan fingerprint density at radius 1 is 1.00 bits per heavy atom. The standard InChI is InChI=1S/C28H21FN4O9/c1-3-5-17-12-16(13-21-26(34)30-28(36)31(27(21)35)19-8-6-18(29)7-9-19)14-24(41-4-2)25(17)42-23-11-10-20(32(37)38)15-22(23)33(39)40/h3,6-15H,1,4-5H2,2H3,(H,30,34,36)/b21-13+. The molecule has 1 N–H and O–H groups in total. The van der Waals surface area contributed by atoms with Gasteiger partial charge in [0.15, 0.2) is 11.5 Å². The predicted octanol–water partition coefficient (Wildman–Crippen LogP) is 5.23. The van der Waals surface area contributed by atoms with Crippen molar-refractivity contribution in [3.8, 4) is 17.2 Å². The molecule has 4 rings (SSSR count). The molecule has 14 heteroatoms. The number of urea groups is 1. The number of rotatable bonds is 10. The Morgan fingerprint density at radius 3 is 2.33 bits per heavy atom. The average molecular weight is 576 g/mol. The van der Waals surface area contributed by atoms with E-state index >= 15 is 0 Å². The van der Waals surface area contributed by atoms with Gasteiger partial charge in [-0.3, -0.25) is 35.1 Å². The lowest BCUT2D eigenvalue weighted by Crippen LogP contribution is -2.54. The Balaban J connectivity index is 1.80. The van der Waals surface area contributed by atoms with E-state index in [0.717, 1.165) is 30.3 Å². The van der Waals surface area contributed by atoms with Gasteiger partial charge in [-0.15, -0.1) is 6.58 Å². The molecule has 1 heterocycles. The van der Waals surface area contributed by atoms with Crippen molar-refractivity contribution in [1.29, 1.82) is 0 Å². The number of non-ortho nitro benzene ring substituents is 1. The number of amides is 4. The molecule has 0 aliphatic carbocycles. The third-order valence-electron chi connectivity index (χ3n) is 5.88. The summed E-state index contributed by atoms with van der Waals surface area (Å²) in [4.78, 5) is 60.2. The molecule has 0 atom stereocenters. The number of ether oxygens (including phenoxy) is 2. The number of imide groups is 2. The first-order valence-corrected chi connectivity index (χ1v) is 12.2. The van der Waals surface area contributed by atoms with Crippen LogP contribution in [0.2, 0.25) is 0 Å². The predicted molar refractivity (Wildman–Crippen MR) is 147 cm³/mol. The van der Waals surface area contributed by atoms with Crippen molar-refractivity contribution in [3.63, 3.8) is 0 Å².